The highest BCUT2D eigenvalue weighted by Gasteiger charge is 2.39. The van der Waals surface area contributed by atoms with E-state index in [0.29, 0.717) is 41.7 Å². The molecule has 1 saturated carbocycles. The van der Waals surface area contributed by atoms with Crippen LogP contribution in [0.4, 0.5) is 33.4 Å². The van der Waals surface area contributed by atoms with Gasteiger partial charge in [0, 0.05) is 29.4 Å². The number of amides is 3. The summed E-state index contributed by atoms with van der Waals surface area (Å²) in [6, 6.07) is 5.14. The Balaban J connectivity index is 1.71. The Kier molecular flexibility index (Phi) is 13.0. The first-order valence-electron chi connectivity index (χ1n) is 19.8. The van der Waals surface area contributed by atoms with Crippen LogP contribution in [0.25, 0.3) is 22.2 Å². The molecule has 2 aromatic heterocycles. The molecule has 60 heavy (non-hydrogen) atoms. The largest absolute Gasteiger partial charge is 0.444 e. The van der Waals surface area contributed by atoms with Crippen LogP contribution >= 0.6 is 0 Å². The van der Waals surface area contributed by atoms with Crippen molar-refractivity contribution in [2.75, 3.05) is 4.90 Å². The third-order valence-corrected chi connectivity index (χ3v) is 11.0. The van der Waals surface area contributed by atoms with E-state index in [-0.39, 0.29) is 28.9 Å². The van der Waals surface area contributed by atoms with E-state index in [0.717, 1.165) is 30.3 Å². The van der Waals surface area contributed by atoms with E-state index < -0.39 is 90.2 Å². The molecule has 1 aliphatic rings. The Morgan fingerprint density at radius 2 is 1.43 bits per heavy atom. The first-order valence-corrected chi connectivity index (χ1v) is 21.4. The lowest BCUT2D eigenvalue weighted by molar-refractivity contribution is 0.0425. The number of carbonyl (C=O) groups is 3. The summed E-state index contributed by atoms with van der Waals surface area (Å²) >= 11 is 0. The Morgan fingerprint density at radius 1 is 0.850 bits per heavy atom. The number of hydrogen-bond acceptors (Lipinski definition) is 10. The Labute approximate surface area is 348 Å². The fourth-order valence-corrected chi connectivity index (χ4v) is 8.30. The minimum absolute atomic E-state index is 0.00496. The molecule has 1 fully saturated rings. The van der Waals surface area contributed by atoms with Gasteiger partial charge in [0.15, 0.2) is 15.7 Å². The average molecular weight is 858 g/mol. The number of anilines is 1. The maximum Gasteiger partial charge on any atom is 0.425 e. The van der Waals surface area contributed by atoms with Gasteiger partial charge in [-0.3, -0.25) is 4.68 Å². The number of fused-ring (bicyclic) bond motifs is 1. The van der Waals surface area contributed by atoms with Crippen molar-refractivity contribution in [3.63, 3.8) is 0 Å². The lowest BCUT2D eigenvalue weighted by atomic mass is 9.81. The van der Waals surface area contributed by atoms with Gasteiger partial charge in [-0.05, 0) is 144 Å². The molecule has 13 nitrogen and oxygen atoms in total. The molecule has 0 saturated heterocycles. The summed E-state index contributed by atoms with van der Waals surface area (Å²) in [7, 11) is -4.31. The van der Waals surface area contributed by atoms with Crippen LogP contribution < -0.4 is 10.2 Å². The van der Waals surface area contributed by atoms with Gasteiger partial charge < -0.3 is 19.5 Å². The number of pyridine rings is 1. The summed E-state index contributed by atoms with van der Waals surface area (Å²) in [5.74, 6) is -4.47. The van der Waals surface area contributed by atoms with Crippen molar-refractivity contribution < 1.29 is 50.2 Å². The van der Waals surface area contributed by atoms with Crippen LogP contribution in [-0.4, -0.2) is 64.3 Å². The molecule has 2 heterocycles. The van der Waals surface area contributed by atoms with E-state index in [9.17, 15) is 27.2 Å². The molecule has 17 heteroatoms. The summed E-state index contributed by atoms with van der Waals surface area (Å²) in [5.41, 5.74) is -2.98. The summed E-state index contributed by atoms with van der Waals surface area (Å²) in [6.07, 6.45) is 0.948. The topological polar surface area (TPSA) is 159 Å². The molecular formula is C43H54F3N5O8S. The SMILES string of the molecule is CC(C)n1nc(-c2cc(F)c(CS(=O)(=O)c3cccc(F)c3)cc2F)c2c(N(C(=O)OC(C)(C)C)C(=O)OC(C)(C)C)ncc(C3CCC(NC(=O)OC(C)(C)C)CC3)c21. The molecular weight excluding hydrogens is 804 g/mol. The summed E-state index contributed by atoms with van der Waals surface area (Å²) < 4.78 is 91.4. The third kappa shape index (κ3) is 10.9. The molecule has 0 spiro atoms. The number of hydrogen-bond donors (Lipinski definition) is 1. The Bertz CT molecular complexity index is 2360. The summed E-state index contributed by atoms with van der Waals surface area (Å²) in [4.78, 5) is 45.5. The van der Waals surface area contributed by atoms with Crippen molar-refractivity contribution in [1.29, 1.82) is 0 Å². The van der Waals surface area contributed by atoms with E-state index >= 15 is 8.78 Å². The number of sulfone groups is 1. The van der Waals surface area contributed by atoms with Gasteiger partial charge in [0.05, 0.1) is 21.6 Å². The maximum absolute atomic E-state index is 16.6. The predicted octanol–water partition coefficient (Wildman–Crippen LogP) is 10.3. The lowest BCUT2D eigenvalue weighted by Crippen LogP contribution is -2.44. The molecule has 0 atom stereocenters. The molecule has 5 rings (SSSR count). The number of imide groups is 1. The zero-order chi connectivity index (χ0) is 44.7. The van der Waals surface area contributed by atoms with Crippen molar-refractivity contribution >= 4 is 44.8 Å². The summed E-state index contributed by atoms with van der Waals surface area (Å²) in [5, 5.41) is 7.72. The zero-order valence-corrected chi connectivity index (χ0v) is 36.7. The number of alkyl carbamates (subject to hydrolysis) is 1. The minimum Gasteiger partial charge on any atom is -0.444 e. The van der Waals surface area contributed by atoms with Crippen LogP contribution in [0.3, 0.4) is 0 Å². The first kappa shape index (κ1) is 45.9. The molecule has 1 aliphatic carbocycles. The Morgan fingerprint density at radius 3 is 1.97 bits per heavy atom. The van der Waals surface area contributed by atoms with Gasteiger partial charge >= 0.3 is 18.3 Å². The van der Waals surface area contributed by atoms with Gasteiger partial charge in [-0.2, -0.15) is 10.00 Å². The van der Waals surface area contributed by atoms with Gasteiger partial charge in [0.2, 0.25) is 0 Å². The predicted molar refractivity (Wildman–Crippen MR) is 220 cm³/mol. The molecule has 0 radical (unpaired) electrons. The standard InChI is InChI=1S/C43H54F3N5O8S/c1-24(2)51-36-31(25-15-17-28(18-16-25)48-38(52)57-41(3,4)5)22-47-37(50(39(53)58-42(6,7)8)40(54)59-43(9,10)11)34(36)35(49-51)30-21-32(45)26(19-33(30)46)23-60(55,56)29-14-12-13-27(44)20-29/h12-14,19-22,24-25,28H,15-18,23H2,1-11H3,(H,48,52). The summed E-state index contributed by atoms with van der Waals surface area (Å²) in [6.45, 7) is 18.6. The number of ether oxygens (including phenoxy) is 3. The van der Waals surface area contributed by atoms with Crippen LogP contribution in [0.2, 0.25) is 0 Å². The molecule has 2 aromatic carbocycles. The van der Waals surface area contributed by atoms with Crippen LogP contribution in [0.1, 0.15) is 125 Å². The zero-order valence-electron chi connectivity index (χ0n) is 35.9. The maximum atomic E-state index is 16.6. The van der Waals surface area contributed by atoms with Gasteiger partial charge in [-0.25, -0.2) is 41.0 Å². The first-order chi connectivity index (χ1) is 27.6. The van der Waals surface area contributed by atoms with Crippen molar-refractivity contribution in [2.45, 2.75) is 147 Å². The van der Waals surface area contributed by atoms with Gasteiger partial charge in [0.25, 0.3) is 0 Å². The van der Waals surface area contributed by atoms with Crippen molar-refractivity contribution in [3.05, 3.63) is 71.2 Å². The number of nitrogens with zero attached hydrogens (tertiary/aromatic N) is 4. The smallest absolute Gasteiger partial charge is 0.425 e. The highest BCUT2D eigenvalue weighted by atomic mass is 32.2. The van der Waals surface area contributed by atoms with Gasteiger partial charge in [-0.15, -0.1) is 0 Å². The van der Waals surface area contributed by atoms with Crippen LogP contribution in [0.5, 0.6) is 0 Å². The van der Waals surface area contributed by atoms with Crippen molar-refractivity contribution in [1.82, 2.24) is 20.1 Å². The molecule has 0 bridgehead atoms. The Hall–Kier alpha value is -5.19. The lowest BCUT2D eigenvalue weighted by Gasteiger charge is -2.31. The van der Waals surface area contributed by atoms with Crippen LogP contribution in [-0.2, 0) is 29.8 Å². The highest BCUT2D eigenvalue weighted by Crippen LogP contribution is 2.44. The number of benzene rings is 2. The second kappa shape index (κ2) is 17.1. The van der Waals surface area contributed by atoms with E-state index in [1.54, 1.807) is 67.0 Å². The number of halogens is 3. The molecule has 3 amide bonds. The quantitative estimate of drug-likeness (QED) is 0.169. The van der Waals surface area contributed by atoms with Crippen LogP contribution in [0, 0.1) is 17.5 Å². The van der Waals surface area contributed by atoms with Crippen molar-refractivity contribution in [3.8, 4) is 11.3 Å². The fourth-order valence-electron chi connectivity index (χ4n) is 6.92. The molecule has 4 aromatic rings. The second-order valence-electron chi connectivity index (χ2n) is 18.3. The third-order valence-electron chi connectivity index (χ3n) is 9.37. The molecule has 1 N–H and O–H groups in total. The number of aromatic nitrogens is 3. The van der Waals surface area contributed by atoms with Crippen LogP contribution in [0.15, 0.2) is 47.5 Å². The normalized spacial score (nSPS) is 16.4. The monoisotopic (exact) mass is 857 g/mol. The second-order valence-corrected chi connectivity index (χ2v) is 20.3. The molecule has 326 valence electrons. The minimum atomic E-state index is -4.31. The molecule has 0 aliphatic heterocycles. The van der Waals surface area contributed by atoms with E-state index in [1.807, 2.05) is 13.8 Å². The van der Waals surface area contributed by atoms with Gasteiger partial charge in [0.1, 0.15) is 39.9 Å². The fraction of sp³-hybridized carbons (Fsp3) is 0.512. The highest BCUT2D eigenvalue weighted by molar-refractivity contribution is 7.90. The van der Waals surface area contributed by atoms with E-state index in [4.69, 9.17) is 19.3 Å². The average Bonchev–Trinajstić information content (AvgIpc) is 3.49. The van der Waals surface area contributed by atoms with Crippen molar-refractivity contribution in [2.24, 2.45) is 0 Å². The van der Waals surface area contributed by atoms with Gasteiger partial charge in [-0.1, -0.05) is 6.07 Å². The number of nitrogens with one attached hydrogen (secondary N) is 1. The molecule has 0 unspecified atom stereocenters. The van der Waals surface area contributed by atoms with E-state index in [2.05, 4.69) is 10.3 Å². The number of rotatable bonds is 8. The number of carbonyl (C=O) groups excluding carboxylic acids is 3. The van der Waals surface area contributed by atoms with E-state index in [1.165, 1.54) is 12.3 Å².